The molecule has 2 amide bonds. The second-order valence-electron chi connectivity index (χ2n) is 8.29. The van der Waals surface area contributed by atoms with Gasteiger partial charge in [0, 0.05) is 36.9 Å². The summed E-state index contributed by atoms with van der Waals surface area (Å²) in [5.41, 5.74) is 8.18. The van der Waals surface area contributed by atoms with Gasteiger partial charge in [0.2, 0.25) is 5.91 Å². The van der Waals surface area contributed by atoms with Crippen LogP contribution in [0.25, 0.3) is 0 Å². The second-order valence-corrected chi connectivity index (χ2v) is 8.29. The summed E-state index contributed by atoms with van der Waals surface area (Å²) in [5.74, 6) is 0.529. The molecule has 1 fully saturated rings. The lowest BCUT2D eigenvalue weighted by atomic mass is 9.97. The molecule has 1 atom stereocenters. The van der Waals surface area contributed by atoms with Crippen LogP contribution in [0.2, 0.25) is 0 Å². The van der Waals surface area contributed by atoms with Crippen LogP contribution < -0.4 is 21.7 Å². The van der Waals surface area contributed by atoms with Crippen molar-refractivity contribution >= 4 is 29.5 Å². The second kappa shape index (κ2) is 11.8. The smallest absolute Gasteiger partial charge is 0.252 e. The number of rotatable bonds is 9. The van der Waals surface area contributed by atoms with Gasteiger partial charge >= 0.3 is 0 Å². The number of anilines is 2. The quantitative estimate of drug-likeness (QED) is 0.438. The molecular weight excluding hydrogens is 416 g/mol. The highest BCUT2D eigenvalue weighted by Crippen LogP contribution is 2.29. The number of hydrogen-bond donors (Lipinski definition) is 4. The first-order valence-electron chi connectivity index (χ1n) is 11.2. The third-order valence-electron chi connectivity index (χ3n) is 5.78. The van der Waals surface area contributed by atoms with Crippen LogP contribution in [0.15, 0.2) is 59.5 Å². The highest BCUT2D eigenvalue weighted by atomic mass is 16.2. The number of amides is 2. The Hall–Kier alpha value is -3.68. The molecule has 1 aliphatic rings. The first-order valence-corrected chi connectivity index (χ1v) is 11.2. The molecule has 5 N–H and O–H groups in total. The third-order valence-corrected chi connectivity index (χ3v) is 5.78. The molecule has 1 heterocycles. The molecule has 1 aliphatic carbocycles. The average Bonchev–Trinajstić information content (AvgIpc) is 3.33. The van der Waals surface area contributed by atoms with E-state index < -0.39 is 6.04 Å². The number of nitrogens with one attached hydrogen (secondary N) is 3. The van der Waals surface area contributed by atoms with Crippen LogP contribution in [0.1, 0.15) is 48.0 Å². The summed E-state index contributed by atoms with van der Waals surface area (Å²) >= 11 is 0. The number of carbonyl (C=O) groups excluding carboxylic acids is 2. The summed E-state index contributed by atoms with van der Waals surface area (Å²) < 4.78 is 0. The van der Waals surface area contributed by atoms with Crippen LogP contribution in [-0.4, -0.2) is 36.1 Å². The molecule has 1 saturated carbocycles. The summed E-state index contributed by atoms with van der Waals surface area (Å²) in [6, 6.07) is 10.3. The number of aromatic nitrogens is 1. The zero-order valence-corrected chi connectivity index (χ0v) is 19.2. The number of allylic oxidation sites excluding steroid dienone is 1. The Morgan fingerprint density at radius 3 is 2.73 bits per heavy atom. The Kier molecular flexibility index (Phi) is 8.57. The van der Waals surface area contributed by atoms with Crippen LogP contribution in [0.3, 0.4) is 0 Å². The van der Waals surface area contributed by atoms with Crippen LogP contribution >= 0.6 is 0 Å². The van der Waals surface area contributed by atoms with Crippen molar-refractivity contribution in [1.29, 1.82) is 0 Å². The number of pyridine rings is 1. The van der Waals surface area contributed by atoms with Crippen LogP contribution in [0.5, 0.6) is 0 Å². The maximum Gasteiger partial charge on any atom is 0.252 e. The van der Waals surface area contributed by atoms with Crippen LogP contribution in [-0.2, 0) is 4.79 Å². The standard InChI is InChI=1S/C25H32N6O2/c1-17-7-6-12-28-23(17)29-20-11-5-10-19(14-20)24(32)31-22(13-18-8-3-4-9-18)25(33)30-21(15-26)16-27-2/h5-7,10-12,14-16,18,22H,3-4,8-9,13,26H2,1-2H3,(H,28,29)(H,30,33)(H,31,32)/b21-15+,27-16?. The average molecular weight is 449 g/mol. The molecule has 8 heteroatoms. The minimum Gasteiger partial charge on any atom is -0.403 e. The van der Waals surface area contributed by atoms with Gasteiger partial charge < -0.3 is 21.7 Å². The van der Waals surface area contributed by atoms with Crippen molar-refractivity contribution in [2.24, 2.45) is 16.6 Å². The molecule has 0 spiro atoms. The Balaban J connectivity index is 1.74. The Bertz CT molecular complexity index is 1030. The van der Waals surface area contributed by atoms with Gasteiger partial charge in [-0.05, 0) is 49.1 Å². The zero-order valence-electron chi connectivity index (χ0n) is 19.2. The monoisotopic (exact) mass is 448 g/mol. The predicted molar refractivity (Wildman–Crippen MR) is 131 cm³/mol. The van der Waals surface area contributed by atoms with E-state index in [0.717, 1.165) is 42.8 Å². The van der Waals surface area contributed by atoms with E-state index in [1.54, 1.807) is 31.4 Å². The number of aliphatic imine (C=N–C) groups is 1. The molecule has 8 nitrogen and oxygen atoms in total. The van der Waals surface area contributed by atoms with Gasteiger partial charge in [-0.25, -0.2) is 4.98 Å². The molecule has 0 bridgehead atoms. The van der Waals surface area contributed by atoms with Crippen molar-refractivity contribution in [3.05, 3.63) is 65.6 Å². The van der Waals surface area contributed by atoms with Crippen molar-refractivity contribution in [2.75, 3.05) is 12.4 Å². The van der Waals surface area contributed by atoms with Gasteiger partial charge in [0.05, 0.1) is 5.70 Å². The van der Waals surface area contributed by atoms with Crippen LogP contribution in [0.4, 0.5) is 11.5 Å². The highest BCUT2D eigenvalue weighted by molar-refractivity contribution is 5.99. The van der Waals surface area contributed by atoms with Gasteiger partial charge in [0.15, 0.2) is 0 Å². The first kappa shape index (κ1) is 24.0. The van der Waals surface area contributed by atoms with Gasteiger partial charge in [-0.1, -0.05) is 37.8 Å². The fraction of sp³-hybridized carbons (Fsp3) is 0.360. The molecule has 1 aromatic carbocycles. The fourth-order valence-electron chi connectivity index (χ4n) is 4.03. The maximum atomic E-state index is 13.1. The molecule has 174 valence electrons. The first-order chi connectivity index (χ1) is 16.0. The third kappa shape index (κ3) is 6.90. The molecule has 0 radical (unpaired) electrons. The number of carbonyl (C=O) groups is 2. The molecule has 33 heavy (non-hydrogen) atoms. The number of hydrogen-bond acceptors (Lipinski definition) is 6. The van der Waals surface area contributed by atoms with Crippen LogP contribution in [0, 0.1) is 12.8 Å². The topological polar surface area (TPSA) is 121 Å². The Morgan fingerprint density at radius 1 is 1.24 bits per heavy atom. The number of nitrogens with zero attached hydrogens (tertiary/aromatic N) is 2. The number of benzene rings is 1. The highest BCUT2D eigenvalue weighted by Gasteiger charge is 2.27. The van der Waals surface area contributed by atoms with Crippen molar-refractivity contribution in [2.45, 2.75) is 45.1 Å². The minimum atomic E-state index is -0.671. The summed E-state index contributed by atoms with van der Waals surface area (Å²) in [4.78, 5) is 34.3. The van der Waals surface area contributed by atoms with Gasteiger partial charge in [0.1, 0.15) is 11.9 Å². The largest absolute Gasteiger partial charge is 0.403 e. The summed E-state index contributed by atoms with van der Waals surface area (Å²) in [7, 11) is 1.60. The molecule has 1 unspecified atom stereocenters. The van der Waals surface area contributed by atoms with E-state index in [2.05, 4.69) is 25.9 Å². The molecule has 0 saturated heterocycles. The van der Waals surface area contributed by atoms with Gasteiger partial charge in [0.25, 0.3) is 5.91 Å². The Labute approximate surface area is 194 Å². The lowest BCUT2D eigenvalue weighted by molar-refractivity contribution is -0.122. The molecule has 2 aromatic rings. The van der Waals surface area contributed by atoms with Crippen molar-refractivity contribution in [3.63, 3.8) is 0 Å². The van der Waals surface area contributed by atoms with Gasteiger partial charge in [-0.2, -0.15) is 0 Å². The Morgan fingerprint density at radius 2 is 2.03 bits per heavy atom. The molecular formula is C25H32N6O2. The number of nitrogens with two attached hydrogens (primary N) is 1. The van der Waals surface area contributed by atoms with E-state index in [1.807, 2.05) is 25.1 Å². The number of aryl methyl sites for hydroxylation is 1. The lowest BCUT2D eigenvalue weighted by Crippen LogP contribution is -2.47. The van der Waals surface area contributed by atoms with Gasteiger partial charge in [-0.3, -0.25) is 14.6 Å². The fourth-order valence-corrected chi connectivity index (χ4v) is 4.03. The van der Waals surface area contributed by atoms with Crippen molar-refractivity contribution in [3.8, 4) is 0 Å². The molecule has 3 rings (SSSR count). The molecule has 1 aromatic heterocycles. The van der Waals surface area contributed by atoms with E-state index in [0.29, 0.717) is 23.6 Å². The summed E-state index contributed by atoms with van der Waals surface area (Å²) in [6.07, 6.45) is 9.51. The lowest BCUT2D eigenvalue weighted by Gasteiger charge is -2.22. The van der Waals surface area contributed by atoms with E-state index in [9.17, 15) is 9.59 Å². The van der Waals surface area contributed by atoms with Crippen molar-refractivity contribution in [1.82, 2.24) is 15.6 Å². The molecule has 0 aliphatic heterocycles. The SMILES string of the molecule is CN=C/C(=C\N)NC(=O)C(CC1CCCC1)NC(=O)c1cccc(Nc2ncccc2C)c1. The normalized spacial score (nSPS) is 15.4. The van der Waals surface area contributed by atoms with E-state index in [4.69, 9.17) is 5.73 Å². The maximum absolute atomic E-state index is 13.1. The summed E-state index contributed by atoms with van der Waals surface area (Å²) in [5, 5.41) is 8.93. The van der Waals surface area contributed by atoms with E-state index >= 15 is 0 Å². The summed E-state index contributed by atoms with van der Waals surface area (Å²) in [6.45, 7) is 1.96. The van der Waals surface area contributed by atoms with E-state index in [-0.39, 0.29) is 11.8 Å². The van der Waals surface area contributed by atoms with Gasteiger partial charge in [-0.15, -0.1) is 0 Å². The van der Waals surface area contributed by atoms with Crippen molar-refractivity contribution < 1.29 is 9.59 Å². The zero-order chi connectivity index (χ0) is 23.6. The predicted octanol–water partition coefficient (Wildman–Crippen LogP) is 3.43. The van der Waals surface area contributed by atoms with E-state index in [1.165, 1.54) is 12.4 Å². The minimum absolute atomic E-state index is 0.301.